The summed E-state index contributed by atoms with van der Waals surface area (Å²) in [5, 5.41) is 0. The molecule has 1 nitrogen and oxygen atoms in total. The highest BCUT2D eigenvalue weighted by atomic mass is 19.1. The number of hydrogen-bond donors (Lipinski definition) is 1. The number of halogens is 2. The third-order valence-corrected chi connectivity index (χ3v) is 3.28. The predicted molar refractivity (Wildman–Crippen MR) is 73.0 cm³/mol. The minimum atomic E-state index is -0.555. The molecule has 0 fully saturated rings. The molecule has 19 heavy (non-hydrogen) atoms. The van der Waals surface area contributed by atoms with Gasteiger partial charge in [-0.2, -0.15) is 0 Å². The summed E-state index contributed by atoms with van der Waals surface area (Å²) in [5.41, 5.74) is 8.52. The van der Waals surface area contributed by atoms with E-state index < -0.39 is 11.6 Å². The molecule has 0 heterocycles. The lowest BCUT2D eigenvalue weighted by atomic mass is 9.91. The van der Waals surface area contributed by atoms with Gasteiger partial charge in [-0.25, -0.2) is 8.78 Å². The van der Waals surface area contributed by atoms with E-state index in [1.807, 2.05) is 25.1 Å². The van der Waals surface area contributed by atoms with Crippen LogP contribution in [-0.2, 0) is 6.42 Å². The molecule has 0 amide bonds. The van der Waals surface area contributed by atoms with Crippen molar-refractivity contribution in [2.45, 2.75) is 19.3 Å². The SMILES string of the molecule is Cc1cccc(C(CN)Cc2ccc(F)cc2F)c1. The molecule has 2 N–H and O–H groups in total. The van der Waals surface area contributed by atoms with Crippen LogP contribution in [0.25, 0.3) is 0 Å². The van der Waals surface area contributed by atoms with Gasteiger partial charge in [0.25, 0.3) is 0 Å². The van der Waals surface area contributed by atoms with E-state index in [0.717, 1.165) is 17.2 Å². The zero-order valence-electron chi connectivity index (χ0n) is 10.9. The maximum absolute atomic E-state index is 13.7. The first-order valence-corrected chi connectivity index (χ1v) is 6.30. The smallest absolute Gasteiger partial charge is 0.129 e. The van der Waals surface area contributed by atoms with Gasteiger partial charge in [0.05, 0.1) is 0 Å². The molecule has 0 aliphatic heterocycles. The molecule has 1 atom stereocenters. The van der Waals surface area contributed by atoms with Crippen molar-refractivity contribution in [1.82, 2.24) is 0 Å². The average molecular weight is 261 g/mol. The highest BCUT2D eigenvalue weighted by molar-refractivity contribution is 5.29. The van der Waals surface area contributed by atoms with Gasteiger partial charge in [0, 0.05) is 12.0 Å². The number of rotatable bonds is 4. The molecule has 2 aromatic rings. The summed E-state index contributed by atoms with van der Waals surface area (Å²) in [5.74, 6) is -1.02. The van der Waals surface area contributed by atoms with Crippen LogP contribution < -0.4 is 5.73 Å². The Morgan fingerprint density at radius 3 is 2.53 bits per heavy atom. The third kappa shape index (κ3) is 3.38. The molecule has 100 valence electrons. The zero-order chi connectivity index (χ0) is 13.8. The van der Waals surface area contributed by atoms with Crippen LogP contribution in [0.5, 0.6) is 0 Å². The van der Waals surface area contributed by atoms with Crippen LogP contribution in [0.3, 0.4) is 0 Å². The fourth-order valence-electron chi connectivity index (χ4n) is 2.21. The molecule has 0 spiro atoms. The lowest BCUT2D eigenvalue weighted by Gasteiger charge is -2.16. The molecular weight excluding hydrogens is 244 g/mol. The first kappa shape index (κ1) is 13.7. The Balaban J connectivity index is 2.24. The molecule has 0 bridgehead atoms. The zero-order valence-corrected chi connectivity index (χ0v) is 10.9. The predicted octanol–water partition coefficient (Wildman–Crippen LogP) is 3.56. The molecule has 0 saturated heterocycles. The fourth-order valence-corrected chi connectivity index (χ4v) is 2.21. The molecule has 0 saturated carbocycles. The van der Waals surface area contributed by atoms with Crippen LogP contribution in [0.15, 0.2) is 42.5 Å². The van der Waals surface area contributed by atoms with Gasteiger partial charge in [-0.3, -0.25) is 0 Å². The van der Waals surface area contributed by atoms with E-state index in [0.29, 0.717) is 18.5 Å². The second kappa shape index (κ2) is 5.93. The molecule has 0 aliphatic rings. The molecular formula is C16H17F2N. The van der Waals surface area contributed by atoms with Crippen LogP contribution >= 0.6 is 0 Å². The average Bonchev–Trinajstić information content (AvgIpc) is 2.38. The van der Waals surface area contributed by atoms with Crippen LogP contribution in [0.2, 0.25) is 0 Å². The van der Waals surface area contributed by atoms with E-state index in [-0.39, 0.29) is 5.92 Å². The summed E-state index contributed by atoms with van der Waals surface area (Å²) in [6.07, 6.45) is 0.478. The van der Waals surface area contributed by atoms with Crippen molar-refractivity contribution in [3.05, 3.63) is 70.8 Å². The second-order valence-electron chi connectivity index (χ2n) is 4.79. The van der Waals surface area contributed by atoms with Crippen LogP contribution in [0, 0.1) is 18.6 Å². The highest BCUT2D eigenvalue weighted by Crippen LogP contribution is 2.22. The van der Waals surface area contributed by atoms with Gasteiger partial charge in [0.1, 0.15) is 11.6 Å². The summed E-state index contributed by atoms with van der Waals surface area (Å²) >= 11 is 0. The summed E-state index contributed by atoms with van der Waals surface area (Å²) in [4.78, 5) is 0. The first-order chi connectivity index (χ1) is 9.10. The van der Waals surface area contributed by atoms with Crippen molar-refractivity contribution in [2.75, 3.05) is 6.54 Å². The van der Waals surface area contributed by atoms with E-state index >= 15 is 0 Å². The molecule has 0 radical (unpaired) electrons. The molecule has 0 aliphatic carbocycles. The van der Waals surface area contributed by atoms with E-state index in [9.17, 15) is 8.78 Å². The van der Waals surface area contributed by atoms with Gasteiger partial charge < -0.3 is 5.73 Å². The standard InChI is InChI=1S/C16H17F2N/c1-11-3-2-4-12(7-11)14(10-19)8-13-5-6-15(17)9-16(13)18/h2-7,9,14H,8,10,19H2,1H3. The van der Waals surface area contributed by atoms with Gasteiger partial charge in [-0.1, -0.05) is 35.9 Å². The van der Waals surface area contributed by atoms with E-state index in [4.69, 9.17) is 5.73 Å². The number of benzene rings is 2. The Morgan fingerprint density at radius 1 is 1.11 bits per heavy atom. The Hall–Kier alpha value is -1.74. The van der Waals surface area contributed by atoms with Crippen molar-refractivity contribution in [3.63, 3.8) is 0 Å². The Bertz CT molecular complexity index is 566. The van der Waals surface area contributed by atoms with Gasteiger partial charge >= 0.3 is 0 Å². The first-order valence-electron chi connectivity index (χ1n) is 6.30. The molecule has 3 heteroatoms. The third-order valence-electron chi connectivity index (χ3n) is 3.28. The number of nitrogens with two attached hydrogens (primary N) is 1. The topological polar surface area (TPSA) is 26.0 Å². The largest absolute Gasteiger partial charge is 0.330 e. The lowest BCUT2D eigenvalue weighted by molar-refractivity contribution is 0.561. The van der Waals surface area contributed by atoms with E-state index in [2.05, 4.69) is 6.07 Å². The van der Waals surface area contributed by atoms with Crippen LogP contribution in [-0.4, -0.2) is 6.54 Å². The van der Waals surface area contributed by atoms with Crippen molar-refractivity contribution < 1.29 is 8.78 Å². The Morgan fingerprint density at radius 2 is 1.89 bits per heavy atom. The molecule has 0 aromatic heterocycles. The second-order valence-corrected chi connectivity index (χ2v) is 4.79. The summed E-state index contributed by atoms with van der Waals surface area (Å²) in [6, 6.07) is 11.7. The van der Waals surface area contributed by atoms with Gasteiger partial charge in [-0.05, 0) is 37.1 Å². The van der Waals surface area contributed by atoms with Crippen molar-refractivity contribution in [3.8, 4) is 0 Å². The van der Waals surface area contributed by atoms with Gasteiger partial charge in [0.2, 0.25) is 0 Å². The van der Waals surface area contributed by atoms with Crippen molar-refractivity contribution in [2.24, 2.45) is 5.73 Å². The van der Waals surface area contributed by atoms with Gasteiger partial charge in [-0.15, -0.1) is 0 Å². The van der Waals surface area contributed by atoms with Crippen molar-refractivity contribution in [1.29, 1.82) is 0 Å². The normalized spacial score (nSPS) is 12.4. The number of aryl methyl sites for hydroxylation is 1. The minimum absolute atomic E-state index is 0.0415. The maximum atomic E-state index is 13.7. The van der Waals surface area contributed by atoms with E-state index in [1.165, 1.54) is 12.1 Å². The van der Waals surface area contributed by atoms with Crippen molar-refractivity contribution >= 4 is 0 Å². The molecule has 1 unspecified atom stereocenters. The number of hydrogen-bond acceptors (Lipinski definition) is 1. The summed E-state index contributed by atoms with van der Waals surface area (Å²) in [6.45, 7) is 2.44. The summed E-state index contributed by atoms with van der Waals surface area (Å²) in [7, 11) is 0. The van der Waals surface area contributed by atoms with Crippen LogP contribution in [0.1, 0.15) is 22.6 Å². The Kier molecular flexibility index (Phi) is 4.27. The van der Waals surface area contributed by atoms with Gasteiger partial charge in [0.15, 0.2) is 0 Å². The van der Waals surface area contributed by atoms with Crippen LogP contribution in [0.4, 0.5) is 8.78 Å². The molecule has 2 rings (SSSR count). The Labute approximate surface area is 112 Å². The summed E-state index contributed by atoms with van der Waals surface area (Å²) < 4.78 is 26.5. The monoisotopic (exact) mass is 261 g/mol. The molecule has 2 aromatic carbocycles. The fraction of sp³-hybridized carbons (Fsp3) is 0.250. The maximum Gasteiger partial charge on any atom is 0.129 e. The quantitative estimate of drug-likeness (QED) is 0.894. The van der Waals surface area contributed by atoms with E-state index in [1.54, 1.807) is 0 Å². The minimum Gasteiger partial charge on any atom is -0.330 e. The highest BCUT2D eigenvalue weighted by Gasteiger charge is 2.13. The lowest BCUT2D eigenvalue weighted by Crippen LogP contribution is -2.15.